The third-order valence-electron chi connectivity index (χ3n) is 4.96. The second-order valence-corrected chi connectivity index (χ2v) is 8.83. The molecule has 32 heavy (non-hydrogen) atoms. The number of nitriles is 1. The predicted octanol–water partition coefficient (Wildman–Crippen LogP) is 5.94. The Morgan fingerprint density at radius 3 is 2.56 bits per heavy atom. The van der Waals surface area contributed by atoms with E-state index in [1.807, 2.05) is 48.5 Å². The molecule has 0 radical (unpaired) electrons. The highest BCUT2D eigenvalue weighted by Gasteiger charge is 2.23. The highest BCUT2D eigenvalue weighted by molar-refractivity contribution is 9.10. The van der Waals surface area contributed by atoms with E-state index in [4.69, 9.17) is 9.72 Å². The zero-order chi connectivity index (χ0) is 22.8. The van der Waals surface area contributed by atoms with E-state index >= 15 is 0 Å². The standard InChI is InChI=1S/C24H16BrN3O3S/c1-13-18(12-26)23(32-21(13)24(30)31-2)28-22(29)17-11-20(14-7-9-15(25)10-8-14)27-19-6-4-3-5-16(17)19/h3-11H,1-2H3,(H,28,29). The summed E-state index contributed by atoms with van der Waals surface area (Å²) in [4.78, 5) is 30.3. The van der Waals surface area contributed by atoms with Crippen LogP contribution < -0.4 is 5.32 Å². The molecule has 2 heterocycles. The summed E-state index contributed by atoms with van der Waals surface area (Å²) in [5, 5.41) is 13.4. The summed E-state index contributed by atoms with van der Waals surface area (Å²) in [6.45, 7) is 1.66. The summed E-state index contributed by atoms with van der Waals surface area (Å²) < 4.78 is 5.73. The van der Waals surface area contributed by atoms with Crippen LogP contribution >= 0.6 is 27.3 Å². The molecule has 0 unspecified atom stereocenters. The molecule has 4 rings (SSSR count). The van der Waals surface area contributed by atoms with Crippen LogP contribution in [-0.2, 0) is 4.74 Å². The van der Waals surface area contributed by atoms with Crippen LogP contribution in [0.5, 0.6) is 0 Å². The molecule has 0 fully saturated rings. The smallest absolute Gasteiger partial charge is 0.348 e. The fraction of sp³-hybridized carbons (Fsp3) is 0.0833. The number of thiophene rings is 1. The first-order chi connectivity index (χ1) is 15.4. The van der Waals surface area contributed by atoms with Gasteiger partial charge in [0.25, 0.3) is 5.91 Å². The lowest BCUT2D eigenvalue weighted by molar-refractivity contribution is 0.0605. The number of rotatable bonds is 4. The molecule has 6 nitrogen and oxygen atoms in total. The normalized spacial score (nSPS) is 10.6. The molecule has 8 heteroatoms. The minimum Gasteiger partial charge on any atom is -0.465 e. The van der Waals surface area contributed by atoms with Gasteiger partial charge in [0.1, 0.15) is 15.9 Å². The maximum absolute atomic E-state index is 13.3. The van der Waals surface area contributed by atoms with Crippen LogP contribution in [-0.4, -0.2) is 24.0 Å². The van der Waals surface area contributed by atoms with Gasteiger partial charge in [-0.15, -0.1) is 11.3 Å². The highest BCUT2D eigenvalue weighted by atomic mass is 79.9. The van der Waals surface area contributed by atoms with Gasteiger partial charge in [0, 0.05) is 15.4 Å². The Labute approximate surface area is 196 Å². The molecule has 0 aliphatic carbocycles. The Morgan fingerprint density at radius 2 is 1.88 bits per heavy atom. The number of hydrogen-bond acceptors (Lipinski definition) is 6. The van der Waals surface area contributed by atoms with E-state index in [9.17, 15) is 14.9 Å². The lowest BCUT2D eigenvalue weighted by atomic mass is 10.0. The lowest BCUT2D eigenvalue weighted by Crippen LogP contribution is -2.13. The molecule has 0 spiro atoms. The fourth-order valence-corrected chi connectivity index (χ4v) is 4.66. The monoisotopic (exact) mass is 505 g/mol. The summed E-state index contributed by atoms with van der Waals surface area (Å²) >= 11 is 4.45. The zero-order valence-electron chi connectivity index (χ0n) is 17.1. The number of aromatic nitrogens is 1. The molecule has 0 bridgehead atoms. The van der Waals surface area contributed by atoms with Crippen molar-refractivity contribution < 1.29 is 14.3 Å². The predicted molar refractivity (Wildman–Crippen MR) is 128 cm³/mol. The number of pyridine rings is 1. The Balaban J connectivity index is 1.80. The first kappa shape index (κ1) is 21.7. The van der Waals surface area contributed by atoms with Crippen molar-refractivity contribution in [3.05, 3.63) is 80.6 Å². The average Bonchev–Trinajstić information content (AvgIpc) is 3.12. The Kier molecular flexibility index (Phi) is 6.04. The van der Waals surface area contributed by atoms with Gasteiger partial charge in [-0.05, 0) is 36.8 Å². The quantitative estimate of drug-likeness (QED) is 0.346. The van der Waals surface area contributed by atoms with Crippen molar-refractivity contribution in [3.63, 3.8) is 0 Å². The van der Waals surface area contributed by atoms with E-state index in [2.05, 4.69) is 27.3 Å². The van der Waals surface area contributed by atoms with Gasteiger partial charge in [-0.1, -0.05) is 46.3 Å². The number of halogens is 1. The minimum atomic E-state index is -0.545. The van der Waals surface area contributed by atoms with Gasteiger partial charge in [0.15, 0.2) is 0 Å². The van der Waals surface area contributed by atoms with Crippen molar-refractivity contribution >= 4 is 55.0 Å². The van der Waals surface area contributed by atoms with Crippen LogP contribution in [0, 0.1) is 18.3 Å². The fourth-order valence-electron chi connectivity index (χ4n) is 3.33. The van der Waals surface area contributed by atoms with Crippen LogP contribution in [0.3, 0.4) is 0 Å². The van der Waals surface area contributed by atoms with Crippen molar-refractivity contribution in [2.45, 2.75) is 6.92 Å². The molecule has 158 valence electrons. The van der Waals surface area contributed by atoms with Crippen molar-refractivity contribution in [2.24, 2.45) is 0 Å². The first-order valence-electron chi connectivity index (χ1n) is 9.51. The van der Waals surface area contributed by atoms with E-state index < -0.39 is 11.9 Å². The summed E-state index contributed by atoms with van der Waals surface area (Å²) in [6, 6.07) is 18.8. The molecule has 4 aromatic rings. The van der Waals surface area contributed by atoms with E-state index in [0.717, 1.165) is 21.4 Å². The third-order valence-corrected chi connectivity index (χ3v) is 6.67. The average molecular weight is 506 g/mol. The molecule has 0 atom stereocenters. The van der Waals surface area contributed by atoms with Gasteiger partial charge in [0.05, 0.1) is 29.4 Å². The summed E-state index contributed by atoms with van der Waals surface area (Å²) in [7, 11) is 1.28. The van der Waals surface area contributed by atoms with Crippen molar-refractivity contribution in [1.82, 2.24) is 4.98 Å². The first-order valence-corrected chi connectivity index (χ1v) is 11.1. The van der Waals surface area contributed by atoms with Gasteiger partial charge in [-0.2, -0.15) is 5.26 Å². The minimum absolute atomic E-state index is 0.246. The number of nitrogens with one attached hydrogen (secondary N) is 1. The molecule has 0 aliphatic rings. The third kappa shape index (κ3) is 4.00. The zero-order valence-corrected chi connectivity index (χ0v) is 19.5. The molecule has 1 N–H and O–H groups in total. The van der Waals surface area contributed by atoms with Crippen LogP contribution in [0.4, 0.5) is 5.00 Å². The molecule has 0 saturated heterocycles. The van der Waals surface area contributed by atoms with Gasteiger partial charge in [-0.25, -0.2) is 9.78 Å². The van der Waals surface area contributed by atoms with Crippen molar-refractivity contribution in [3.8, 4) is 17.3 Å². The van der Waals surface area contributed by atoms with E-state index in [1.54, 1.807) is 13.0 Å². The molecule has 0 saturated carbocycles. The Hall–Kier alpha value is -3.54. The molecule has 1 amide bonds. The SMILES string of the molecule is COC(=O)c1sc(NC(=O)c2cc(-c3ccc(Br)cc3)nc3ccccc23)c(C#N)c1C. The summed E-state index contributed by atoms with van der Waals surface area (Å²) in [5.74, 6) is -0.937. The Bertz CT molecular complexity index is 1400. The number of methoxy groups -OCH3 is 1. The second kappa shape index (κ2) is 8.91. The maximum Gasteiger partial charge on any atom is 0.348 e. The van der Waals surface area contributed by atoms with Gasteiger partial charge in [0.2, 0.25) is 0 Å². The highest BCUT2D eigenvalue weighted by Crippen LogP contribution is 2.34. The van der Waals surface area contributed by atoms with Crippen molar-refractivity contribution in [2.75, 3.05) is 12.4 Å². The van der Waals surface area contributed by atoms with E-state index in [1.165, 1.54) is 7.11 Å². The number of carbonyl (C=O) groups excluding carboxylic acids is 2. The maximum atomic E-state index is 13.3. The van der Waals surface area contributed by atoms with Gasteiger partial charge < -0.3 is 10.1 Å². The molecular formula is C24H16BrN3O3S. The summed E-state index contributed by atoms with van der Waals surface area (Å²) in [5.41, 5.74) is 3.34. The van der Waals surface area contributed by atoms with Gasteiger partial charge in [-0.3, -0.25) is 4.79 Å². The van der Waals surface area contributed by atoms with E-state index in [0.29, 0.717) is 32.7 Å². The molecular weight excluding hydrogens is 490 g/mol. The number of hydrogen-bond donors (Lipinski definition) is 1. The van der Waals surface area contributed by atoms with Crippen molar-refractivity contribution in [1.29, 1.82) is 5.26 Å². The van der Waals surface area contributed by atoms with E-state index in [-0.39, 0.29) is 10.4 Å². The number of fused-ring (bicyclic) bond motifs is 1. The number of amides is 1. The number of benzene rings is 2. The van der Waals surface area contributed by atoms with Gasteiger partial charge >= 0.3 is 5.97 Å². The van der Waals surface area contributed by atoms with Crippen LogP contribution in [0.25, 0.3) is 22.2 Å². The largest absolute Gasteiger partial charge is 0.465 e. The Morgan fingerprint density at radius 1 is 1.16 bits per heavy atom. The summed E-state index contributed by atoms with van der Waals surface area (Å²) in [6.07, 6.45) is 0. The lowest BCUT2D eigenvalue weighted by Gasteiger charge is -2.10. The molecule has 0 aliphatic heterocycles. The molecule has 2 aromatic heterocycles. The van der Waals surface area contributed by atoms with Crippen LogP contribution in [0.1, 0.15) is 31.2 Å². The number of anilines is 1. The molecule has 2 aromatic carbocycles. The van der Waals surface area contributed by atoms with Crippen LogP contribution in [0.2, 0.25) is 0 Å². The van der Waals surface area contributed by atoms with Crippen LogP contribution in [0.15, 0.2) is 59.1 Å². The number of carbonyl (C=O) groups is 2. The second-order valence-electron chi connectivity index (χ2n) is 6.90. The number of para-hydroxylation sites is 1. The number of nitrogens with zero attached hydrogens (tertiary/aromatic N) is 2. The number of esters is 1. The number of ether oxygens (including phenoxy) is 1. The topological polar surface area (TPSA) is 92.1 Å².